The zero-order valence-electron chi connectivity index (χ0n) is 9.03. The predicted octanol–water partition coefficient (Wildman–Crippen LogP) is -0.663. The molecular formula is C9H11Cl2N3O4. The van der Waals surface area contributed by atoms with Gasteiger partial charge in [0, 0.05) is 6.20 Å². The third-order valence-electron chi connectivity index (χ3n) is 2.68. The Kier molecular flexibility index (Phi) is 3.79. The highest BCUT2D eigenvalue weighted by atomic mass is 35.5. The maximum absolute atomic E-state index is 11.7. The largest absolute Gasteiger partial charge is 0.394 e. The molecule has 1 unspecified atom stereocenters. The Morgan fingerprint density at radius 1 is 1.61 bits per heavy atom. The van der Waals surface area contributed by atoms with E-state index in [1.165, 1.54) is 6.20 Å². The lowest BCUT2D eigenvalue weighted by Gasteiger charge is -2.16. The van der Waals surface area contributed by atoms with Gasteiger partial charge in [-0.25, -0.2) is 4.79 Å². The summed E-state index contributed by atoms with van der Waals surface area (Å²) in [6.07, 6.45) is -1.68. The molecule has 1 fully saturated rings. The molecule has 1 aliphatic heterocycles. The normalized spacial score (nSPS) is 31.8. The molecule has 1 aromatic rings. The molecule has 1 saturated heterocycles. The number of halogens is 2. The molecule has 0 bridgehead atoms. The number of hydrogen-bond donors (Lipinski definition) is 3. The van der Waals surface area contributed by atoms with Gasteiger partial charge in [0.25, 0.3) is 0 Å². The van der Waals surface area contributed by atoms with Gasteiger partial charge >= 0.3 is 5.69 Å². The van der Waals surface area contributed by atoms with Gasteiger partial charge in [0.2, 0.25) is 0 Å². The minimum atomic E-state index is -1.09. The smallest absolute Gasteiger partial charge is 0.351 e. The summed E-state index contributed by atoms with van der Waals surface area (Å²) in [6.45, 7) is -0.411. The number of nitrogen functional groups attached to an aromatic ring is 1. The van der Waals surface area contributed by atoms with Crippen LogP contribution in [-0.2, 0) is 4.74 Å². The van der Waals surface area contributed by atoms with Gasteiger partial charge in [0.15, 0.2) is 6.23 Å². The van der Waals surface area contributed by atoms with Gasteiger partial charge in [-0.1, -0.05) is 11.6 Å². The molecule has 7 nitrogen and oxygen atoms in total. The molecular weight excluding hydrogens is 285 g/mol. The summed E-state index contributed by atoms with van der Waals surface area (Å²) in [5, 5.41) is 17.9. The number of nitrogens with zero attached hydrogens (tertiary/aromatic N) is 2. The lowest BCUT2D eigenvalue weighted by atomic mass is 10.2. The standard InChI is InChI=1S/C9H11Cl2N3O4/c10-3-1-14(9(17)13-7(3)12)8-5(11)6(16)4(2-15)18-8/h1,4-6,8,15-16H,2H2,(H2,12,13,17)/t4-,5?,6-,8-/m1/s1. The minimum absolute atomic E-state index is 0.0732. The summed E-state index contributed by atoms with van der Waals surface area (Å²) in [7, 11) is 0. The van der Waals surface area contributed by atoms with Crippen molar-refractivity contribution in [3.8, 4) is 0 Å². The molecule has 0 spiro atoms. The lowest BCUT2D eigenvalue weighted by Crippen LogP contribution is -2.33. The average molecular weight is 296 g/mol. The minimum Gasteiger partial charge on any atom is -0.394 e. The van der Waals surface area contributed by atoms with Crippen molar-refractivity contribution in [1.29, 1.82) is 0 Å². The van der Waals surface area contributed by atoms with Crippen molar-refractivity contribution in [3.05, 3.63) is 21.7 Å². The third-order valence-corrected chi connectivity index (χ3v) is 3.45. The number of ether oxygens (including phenoxy) is 1. The molecule has 9 heteroatoms. The van der Waals surface area contributed by atoms with Crippen LogP contribution >= 0.6 is 23.2 Å². The van der Waals surface area contributed by atoms with Crippen molar-refractivity contribution < 1.29 is 14.9 Å². The topological polar surface area (TPSA) is 111 Å². The molecule has 0 amide bonds. The van der Waals surface area contributed by atoms with Crippen molar-refractivity contribution in [2.24, 2.45) is 0 Å². The maximum atomic E-state index is 11.7. The first-order chi connectivity index (χ1) is 8.45. The van der Waals surface area contributed by atoms with Crippen molar-refractivity contribution in [1.82, 2.24) is 9.55 Å². The number of alkyl halides is 1. The molecule has 4 N–H and O–H groups in total. The maximum Gasteiger partial charge on any atom is 0.351 e. The van der Waals surface area contributed by atoms with Crippen LogP contribution in [0.15, 0.2) is 11.0 Å². The summed E-state index contributed by atoms with van der Waals surface area (Å²) >= 11 is 11.7. The molecule has 100 valence electrons. The van der Waals surface area contributed by atoms with E-state index in [1.54, 1.807) is 0 Å². The van der Waals surface area contributed by atoms with E-state index >= 15 is 0 Å². The Bertz CT molecular complexity index is 509. The van der Waals surface area contributed by atoms with E-state index in [9.17, 15) is 9.90 Å². The van der Waals surface area contributed by atoms with Crippen LogP contribution in [0.3, 0.4) is 0 Å². The molecule has 0 aromatic carbocycles. The number of rotatable bonds is 2. The van der Waals surface area contributed by atoms with Crippen LogP contribution in [0.5, 0.6) is 0 Å². The molecule has 2 rings (SSSR count). The molecule has 4 atom stereocenters. The van der Waals surface area contributed by atoms with Crippen molar-refractivity contribution in [2.45, 2.75) is 23.8 Å². The highest BCUT2D eigenvalue weighted by molar-refractivity contribution is 6.32. The van der Waals surface area contributed by atoms with E-state index in [-0.39, 0.29) is 10.8 Å². The second kappa shape index (κ2) is 5.02. The number of hydrogen-bond acceptors (Lipinski definition) is 6. The average Bonchev–Trinajstić information content (AvgIpc) is 2.61. The van der Waals surface area contributed by atoms with E-state index in [0.717, 1.165) is 4.57 Å². The van der Waals surface area contributed by atoms with Crippen LogP contribution in [0, 0.1) is 0 Å². The van der Waals surface area contributed by atoms with Gasteiger partial charge in [-0.15, -0.1) is 11.6 Å². The van der Waals surface area contributed by atoms with Gasteiger partial charge in [-0.2, -0.15) is 4.98 Å². The highest BCUT2D eigenvalue weighted by Crippen LogP contribution is 2.32. The van der Waals surface area contributed by atoms with Crippen LogP contribution in [-0.4, -0.2) is 44.0 Å². The van der Waals surface area contributed by atoms with Crippen molar-refractivity contribution in [3.63, 3.8) is 0 Å². The second-order valence-corrected chi connectivity index (χ2v) is 4.76. The van der Waals surface area contributed by atoms with Gasteiger partial charge in [-0.3, -0.25) is 4.57 Å². The summed E-state index contributed by atoms with van der Waals surface area (Å²) in [6, 6.07) is 0. The van der Waals surface area contributed by atoms with E-state index < -0.39 is 36.1 Å². The van der Waals surface area contributed by atoms with Gasteiger partial charge in [0.1, 0.15) is 23.4 Å². The first-order valence-electron chi connectivity index (χ1n) is 5.08. The molecule has 0 aliphatic carbocycles. The SMILES string of the molecule is Nc1nc(=O)n([C@@H]2O[C@H](CO)[C@@H](O)C2Cl)cc1Cl. The summed E-state index contributed by atoms with van der Waals surface area (Å²) in [5.74, 6) is -0.0960. The molecule has 1 aliphatic rings. The Balaban J connectivity index is 2.39. The molecule has 0 saturated carbocycles. The van der Waals surface area contributed by atoms with Gasteiger partial charge < -0.3 is 20.7 Å². The van der Waals surface area contributed by atoms with Gasteiger partial charge in [0.05, 0.1) is 11.6 Å². The van der Waals surface area contributed by atoms with Crippen molar-refractivity contribution in [2.75, 3.05) is 12.3 Å². The first kappa shape index (κ1) is 13.6. The Morgan fingerprint density at radius 3 is 2.83 bits per heavy atom. The quantitative estimate of drug-likeness (QED) is 0.625. The molecule has 2 heterocycles. The van der Waals surface area contributed by atoms with E-state index in [0.29, 0.717) is 0 Å². The van der Waals surface area contributed by atoms with Crippen LogP contribution in [0.2, 0.25) is 5.02 Å². The van der Waals surface area contributed by atoms with Gasteiger partial charge in [-0.05, 0) is 0 Å². The Labute approximate surface area is 112 Å². The van der Waals surface area contributed by atoms with Crippen molar-refractivity contribution >= 4 is 29.0 Å². The monoisotopic (exact) mass is 295 g/mol. The summed E-state index contributed by atoms with van der Waals surface area (Å²) in [5.41, 5.74) is 4.69. The third kappa shape index (κ3) is 2.19. The van der Waals surface area contributed by atoms with E-state index in [1.807, 2.05) is 0 Å². The molecule has 1 aromatic heterocycles. The zero-order chi connectivity index (χ0) is 13.4. The Morgan fingerprint density at radius 2 is 2.28 bits per heavy atom. The number of nitrogens with two attached hydrogens (primary N) is 1. The fourth-order valence-electron chi connectivity index (χ4n) is 1.72. The second-order valence-electron chi connectivity index (χ2n) is 3.85. The number of aliphatic hydroxyl groups excluding tert-OH is 2. The van der Waals surface area contributed by atoms with E-state index in [2.05, 4.69) is 4.98 Å². The van der Waals surface area contributed by atoms with Crippen LogP contribution in [0.4, 0.5) is 5.82 Å². The zero-order valence-corrected chi connectivity index (χ0v) is 10.5. The lowest BCUT2D eigenvalue weighted by molar-refractivity contribution is -0.0457. The fourth-order valence-corrected chi connectivity index (χ4v) is 2.21. The molecule has 0 radical (unpaired) electrons. The fraction of sp³-hybridized carbons (Fsp3) is 0.556. The molecule has 18 heavy (non-hydrogen) atoms. The van der Waals surface area contributed by atoms with Crippen LogP contribution in [0.1, 0.15) is 6.23 Å². The van der Waals surface area contributed by atoms with Crippen LogP contribution in [0.25, 0.3) is 0 Å². The summed E-state index contributed by atoms with van der Waals surface area (Å²) in [4.78, 5) is 15.2. The predicted molar refractivity (Wildman–Crippen MR) is 64.6 cm³/mol. The van der Waals surface area contributed by atoms with E-state index in [4.69, 9.17) is 38.8 Å². The highest BCUT2D eigenvalue weighted by Gasteiger charge is 2.43. The summed E-state index contributed by atoms with van der Waals surface area (Å²) < 4.78 is 6.33. The number of aliphatic hydroxyl groups is 2. The Hall–Kier alpha value is -0.860. The van der Waals surface area contributed by atoms with Crippen LogP contribution < -0.4 is 11.4 Å². The number of aromatic nitrogens is 2. The first-order valence-corrected chi connectivity index (χ1v) is 5.89. The number of anilines is 1.